The Morgan fingerprint density at radius 1 is 1.04 bits per heavy atom. The van der Waals surface area contributed by atoms with E-state index in [0.29, 0.717) is 16.8 Å². The molecule has 4 N–H and O–H groups in total. The fourth-order valence-electron chi connectivity index (χ4n) is 2.56. The summed E-state index contributed by atoms with van der Waals surface area (Å²) in [5, 5.41) is 12.6. The number of nitrogens with zero attached hydrogens (tertiary/aromatic N) is 2. The van der Waals surface area contributed by atoms with Gasteiger partial charge in [-0.3, -0.25) is 14.6 Å². The van der Waals surface area contributed by atoms with Gasteiger partial charge in [-0.1, -0.05) is 42.5 Å². The fourth-order valence-corrected chi connectivity index (χ4v) is 2.56. The highest BCUT2D eigenvalue weighted by Crippen LogP contribution is 2.13. The van der Waals surface area contributed by atoms with Crippen molar-refractivity contribution in [2.75, 3.05) is 0 Å². The predicted octanol–water partition coefficient (Wildman–Crippen LogP) is 0.876. The highest BCUT2D eigenvalue weighted by molar-refractivity contribution is 5.89. The number of carbonyl (C=O) groups is 2. The standard InChI is InChI=1S/C19H18N4O3/c20-18(25)16(23-19(26)17(24)12-6-2-1-3-7-12)10-13-11-21-14-8-4-5-9-15(14)22-13/h1-9,11,16-17,24H,10H2,(H2,20,25)(H,23,26)/t16-,17-/m0/s1. The molecule has 0 aliphatic heterocycles. The van der Waals surface area contributed by atoms with E-state index in [1.54, 1.807) is 30.3 Å². The molecule has 0 fully saturated rings. The van der Waals surface area contributed by atoms with E-state index < -0.39 is 24.0 Å². The number of hydrogen-bond acceptors (Lipinski definition) is 5. The molecule has 3 rings (SSSR count). The molecule has 0 bridgehead atoms. The number of para-hydroxylation sites is 2. The molecule has 2 amide bonds. The number of nitrogens with one attached hydrogen (secondary N) is 1. The third-order valence-corrected chi connectivity index (χ3v) is 3.94. The average Bonchev–Trinajstić information content (AvgIpc) is 2.67. The summed E-state index contributed by atoms with van der Waals surface area (Å²) in [5.74, 6) is -1.41. The molecule has 7 nitrogen and oxygen atoms in total. The highest BCUT2D eigenvalue weighted by Gasteiger charge is 2.24. The molecule has 7 heteroatoms. The summed E-state index contributed by atoms with van der Waals surface area (Å²) in [6.45, 7) is 0. The summed E-state index contributed by atoms with van der Waals surface area (Å²) in [6.07, 6.45) is 0.235. The summed E-state index contributed by atoms with van der Waals surface area (Å²) in [6, 6.07) is 14.8. The lowest BCUT2D eigenvalue weighted by atomic mass is 10.1. The molecule has 0 spiro atoms. The summed E-state index contributed by atoms with van der Waals surface area (Å²) in [5.41, 5.74) is 7.76. The molecule has 0 unspecified atom stereocenters. The summed E-state index contributed by atoms with van der Waals surface area (Å²) in [4.78, 5) is 32.7. The molecule has 1 aromatic heterocycles. The first-order chi connectivity index (χ1) is 12.5. The molecule has 132 valence electrons. The SMILES string of the molecule is NC(=O)[C@H](Cc1cnc2ccccc2n1)NC(=O)[C@@H](O)c1ccccc1. The van der Waals surface area contributed by atoms with Crippen LogP contribution in [0.15, 0.2) is 60.8 Å². The smallest absolute Gasteiger partial charge is 0.254 e. The third-order valence-electron chi connectivity index (χ3n) is 3.94. The van der Waals surface area contributed by atoms with E-state index in [2.05, 4.69) is 15.3 Å². The molecule has 0 saturated heterocycles. The third kappa shape index (κ3) is 4.01. The number of nitrogens with two attached hydrogens (primary N) is 1. The zero-order chi connectivity index (χ0) is 18.5. The molecule has 0 aliphatic rings. The van der Waals surface area contributed by atoms with Crippen LogP contribution in [0.1, 0.15) is 17.4 Å². The lowest BCUT2D eigenvalue weighted by molar-refractivity contribution is -0.133. The number of aromatic nitrogens is 2. The zero-order valence-electron chi connectivity index (χ0n) is 13.9. The van der Waals surface area contributed by atoms with Gasteiger partial charge in [0.05, 0.1) is 16.7 Å². The van der Waals surface area contributed by atoms with Crippen LogP contribution in [-0.4, -0.2) is 32.9 Å². The number of primary amides is 1. The largest absolute Gasteiger partial charge is 0.378 e. The van der Waals surface area contributed by atoms with Crippen LogP contribution in [0.5, 0.6) is 0 Å². The lowest BCUT2D eigenvalue weighted by Crippen LogP contribution is -2.47. The molecule has 0 radical (unpaired) electrons. The fraction of sp³-hybridized carbons (Fsp3) is 0.158. The Labute approximate surface area is 149 Å². The zero-order valence-corrected chi connectivity index (χ0v) is 13.9. The maximum atomic E-state index is 12.3. The van der Waals surface area contributed by atoms with Crippen molar-refractivity contribution in [1.29, 1.82) is 0 Å². The van der Waals surface area contributed by atoms with Gasteiger partial charge >= 0.3 is 0 Å². The van der Waals surface area contributed by atoms with E-state index in [1.807, 2.05) is 24.3 Å². The van der Waals surface area contributed by atoms with Gasteiger partial charge in [-0.15, -0.1) is 0 Å². The first kappa shape index (κ1) is 17.5. The maximum absolute atomic E-state index is 12.3. The van der Waals surface area contributed by atoms with E-state index in [4.69, 9.17) is 5.73 Å². The van der Waals surface area contributed by atoms with Gasteiger partial charge in [-0.05, 0) is 17.7 Å². The Kier molecular flexibility index (Phi) is 5.19. The van der Waals surface area contributed by atoms with Crippen LogP contribution in [0.3, 0.4) is 0 Å². The van der Waals surface area contributed by atoms with Crippen LogP contribution in [0.2, 0.25) is 0 Å². The molecule has 0 aliphatic carbocycles. The second kappa shape index (κ2) is 7.71. The van der Waals surface area contributed by atoms with Crippen LogP contribution in [0.25, 0.3) is 11.0 Å². The molecule has 1 heterocycles. The Morgan fingerprint density at radius 3 is 2.38 bits per heavy atom. The Morgan fingerprint density at radius 2 is 1.69 bits per heavy atom. The van der Waals surface area contributed by atoms with E-state index in [1.165, 1.54) is 6.20 Å². The summed E-state index contributed by atoms with van der Waals surface area (Å²) < 4.78 is 0. The second-order valence-corrected chi connectivity index (χ2v) is 5.83. The van der Waals surface area contributed by atoms with Crippen molar-refractivity contribution in [1.82, 2.24) is 15.3 Å². The molecule has 2 atom stereocenters. The minimum absolute atomic E-state index is 0.0837. The van der Waals surface area contributed by atoms with Gasteiger partial charge in [-0.25, -0.2) is 4.98 Å². The molecule has 3 aromatic rings. The Balaban J connectivity index is 1.74. The number of amides is 2. The van der Waals surface area contributed by atoms with E-state index in [-0.39, 0.29) is 6.42 Å². The van der Waals surface area contributed by atoms with Crippen molar-refractivity contribution in [2.24, 2.45) is 5.73 Å². The number of rotatable bonds is 6. The highest BCUT2D eigenvalue weighted by atomic mass is 16.3. The number of carbonyl (C=O) groups excluding carboxylic acids is 2. The molecular weight excluding hydrogens is 332 g/mol. The van der Waals surface area contributed by atoms with Crippen molar-refractivity contribution in [2.45, 2.75) is 18.6 Å². The summed E-state index contributed by atoms with van der Waals surface area (Å²) >= 11 is 0. The van der Waals surface area contributed by atoms with Crippen molar-refractivity contribution in [3.63, 3.8) is 0 Å². The maximum Gasteiger partial charge on any atom is 0.254 e. The number of aliphatic hydroxyl groups excluding tert-OH is 1. The van der Waals surface area contributed by atoms with E-state index in [9.17, 15) is 14.7 Å². The van der Waals surface area contributed by atoms with Gasteiger partial charge in [0.2, 0.25) is 5.91 Å². The number of fused-ring (bicyclic) bond motifs is 1. The monoisotopic (exact) mass is 350 g/mol. The van der Waals surface area contributed by atoms with Gasteiger partial charge in [-0.2, -0.15) is 0 Å². The summed E-state index contributed by atoms with van der Waals surface area (Å²) in [7, 11) is 0. The predicted molar refractivity (Wildman–Crippen MR) is 95.8 cm³/mol. The second-order valence-electron chi connectivity index (χ2n) is 5.83. The number of hydrogen-bond donors (Lipinski definition) is 3. The van der Waals surface area contributed by atoms with Crippen molar-refractivity contribution < 1.29 is 14.7 Å². The van der Waals surface area contributed by atoms with Crippen LogP contribution in [0, 0.1) is 0 Å². The van der Waals surface area contributed by atoms with Crippen LogP contribution >= 0.6 is 0 Å². The molecule has 0 saturated carbocycles. The van der Waals surface area contributed by atoms with Gasteiger partial charge in [0.25, 0.3) is 5.91 Å². The minimum Gasteiger partial charge on any atom is -0.378 e. The van der Waals surface area contributed by atoms with Crippen LogP contribution in [-0.2, 0) is 16.0 Å². The van der Waals surface area contributed by atoms with Crippen molar-refractivity contribution in [3.05, 3.63) is 72.1 Å². The normalized spacial score (nSPS) is 13.1. The van der Waals surface area contributed by atoms with Crippen LogP contribution < -0.4 is 11.1 Å². The van der Waals surface area contributed by atoms with Gasteiger partial charge in [0, 0.05) is 12.6 Å². The minimum atomic E-state index is -1.39. The first-order valence-electron chi connectivity index (χ1n) is 8.08. The lowest BCUT2D eigenvalue weighted by Gasteiger charge is -2.18. The quantitative estimate of drug-likeness (QED) is 0.610. The van der Waals surface area contributed by atoms with Crippen molar-refractivity contribution in [3.8, 4) is 0 Å². The number of benzene rings is 2. The molecular formula is C19H18N4O3. The average molecular weight is 350 g/mol. The van der Waals surface area contributed by atoms with Crippen molar-refractivity contribution >= 4 is 22.8 Å². The Hall–Kier alpha value is -3.32. The molecule has 2 aromatic carbocycles. The Bertz CT molecular complexity index is 930. The van der Waals surface area contributed by atoms with Gasteiger partial charge in [0.15, 0.2) is 6.10 Å². The molecule has 26 heavy (non-hydrogen) atoms. The number of aliphatic hydroxyl groups is 1. The van der Waals surface area contributed by atoms with E-state index in [0.717, 1.165) is 5.52 Å². The van der Waals surface area contributed by atoms with Gasteiger partial charge in [0.1, 0.15) is 6.04 Å². The topological polar surface area (TPSA) is 118 Å². The first-order valence-corrected chi connectivity index (χ1v) is 8.08. The van der Waals surface area contributed by atoms with E-state index >= 15 is 0 Å². The van der Waals surface area contributed by atoms with Crippen LogP contribution in [0.4, 0.5) is 0 Å². The van der Waals surface area contributed by atoms with Gasteiger partial charge < -0.3 is 16.2 Å².